The molecule has 3 atom stereocenters. The van der Waals surface area contributed by atoms with E-state index in [4.69, 9.17) is 9.47 Å². The predicted octanol–water partition coefficient (Wildman–Crippen LogP) is 2.29. The Morgan fingerprint density at radius 2 is 2.35 bits per heavy atom. The number of hydrogen-bond donors (Lipinski definition) is 1. The minimum absolute atomic E-state index is 0.0945. The zero-order chi connectivity index (χ0) is 12.4. The molecule has 1 N–H and O–H groups in total. The average Bonchev–Trinajstić information content (AvgIpc) is 2.30. The zero-order valence-electron chi connectivity index (χ0n) is 10.0. The van der Waals surface area contributed by atoms with E-state index >= 15 is 0 Å². The third-order valence-electron chi connectivity index (χ3n) is 3.13. The second-order valence-corrected chi connectivity index (χ2v) is 4.52. The molecule has 17 heavy (non-hydrogen) atoms. The van der Waals surface area contributed by atoms with Crippen LogP contribution in [0.25, 0.3) is 0 Å². The van der Waals surface area contributed by atoms with Crippen LogP contribution >= 0.6 is 0 Å². The third-order valence-corrected chi connectivity index (χ3v) is 3.13. The fourth-order valence-corrected chi connectivity index (χ4v) is 2.16. The Labute approximate surface area is 100 Å². The number of fused-ring (bicyclic) bond motifs is 1. The first-order chi connectivity index (χ1) is 8.11. The van der Waals surface area contributed by atoms with Crippen molar-refractivity contribution in [3.63, 3.8) is 0 Å². The first kappa shape index (κ1) is 12.3. The first-order valence-electron chi connectivity index (χ1n) is 5.75. The lowest BCUT2D eigenvalue weighted by Gasteiger charge is -2.32. The molecule has 2 unspecified atom stereocenters. The standard InChI is InChI=1S/C13H17FO3/c1-8(7-16-2)13-6-11(15)10-5-9(14)3-4-12(10)17-13/h3-5,8,11,13,15H,6-7H2,1-2H3/t8?,11-,13?/m1/s1. The molecule has 3 nitrogen and oxygen atoms in total. The molecule has 0 aliphatic carbocycles. The van der Waals surface area contributed by atoms with Crippen LogP contribution in [0.1, 0.15) is 25.0 Å². The number of ether oxygens (including phenoxy) is 2. The van der Waals surface area contributed by atoms with Gasteiger partial charge in [0.25, 0.3) is 0 Å². The summed E-state index contributed by atoms with van der Waals surface area (Å²) in [5, 5.41) is 9.99. The van der Waals surface area contributed by atoms with E-state index in [0.29, 0.717) is 24.3 Å². The Morgan fingerprint density at radius 1 is 1.59 bits per heavy atom. The maximum atomic E-state index is 13.1. The summed E-state index contributed by atoms with van der Waals surface area (Å²) in [7, 11) is 1.64. The van der Waals surface area contributed by atoms with Gasteiger partial charge in [0.2, 0.25) is 0 Å². The molecule has 1 aliphatic rings. The molecule has 1 aliphatic heterocycles. The third kappa shape index (κ3) is 2.58. The normalized spacial score (nSPS) is 24.9. The molecular formula is C13H17FO3. The molecule has 0 radical (unpaired) electrons. The van der Waals surface area contributed by atoms with Crippen LogP contribution in [-0.4, -0.2) is 24.9 Å². The number of methoxy groups -OCH3 is 1. The Morgan fingerprint density at radius 3 is 3.06 bits per heavy atom. The smallest absolute Gasteiger partial charge is 0.125 e. The second-order valence-electron chi connectivity index (χ2n) is 4.52. The fraction of sp³-hybridized carbons (Fsp3) is 0.538. The Bertz CT molecular complexity index is 394. The van der Waals surface area contributed by atoms with Crippen LogP contribution in [0.15, 0.2) is 18.2 Å². The van der Waals surface area contributed by atoms with Gasteiger partial charge in [-0.05, 0) is 18.2 Å². The molecule has 0 aromatic heterocycles. The van der Waals surface area contributed by atoms with Crippen LogP contribution in [0.5, 0.6) is 5.75 Å². The largest absolute Gasteiger partial charge is 0.490 e. The average molecular weight is 240 g/mol. The lowest BCUT2D eigenvalue weighted by molar-refractivity contribution is 0.0135. The van der Waals surface area contributed by atoms with Gasteiger partial charge in [-0.1, -0.05) is 6.92 Å². The van der Waals surface area contributed by atoms with Gasteiger partial charge in [-0.2, -0.15) is 0 Å². The molecule has 2 rings (SSSR count). The molecule has 0 amide bonds. The van der Waals surface area contributed by atoms with E-state index in [1.165, 1.54) is 12.1 Å². The van der Waals surface area contributed by atoms with Crippen LogP contribution in [-0.2, 0) is 4.74 Å². The summed E-state index contributed by atoms with van der Waals surface area (Å²) in [5.41, 5.74) is 0.533. The highest BCUT2D eigenvalue weighted by molar-refractivity contribution is 5.37. The lowest BCUT2D eigenvalue weighted by atomic mass is 9.92. The molecular weight excluding hydrogens is 223 g/mol. The maximum Gasteiger partial charge on any atom is 0.125 e. The van der Waals surface area contributed by atoms with Gasteiger partial charge in [-0.15, -0.1) is 0 Å². The summed E-state index contributed by atoms with van der Waals surface area (Å²) in [6.45, 7) is 2.59. The number of rotatable bonds is 3. The van der Waals surface area contributed by atoms with Gasteiger partial charge in [0.15, 0.2) is 0 Å². The molecule has 0 bridgehead atoms. The highest BCUT2D eigenvalue weighted by Crippen LogP contribution is 2.37. The van der Waals surface area contributed by atoms with Crippen LogP contribution in [0.4, 0.5) is 4.39 Å². The Hall–Kier alpha value is -1.13. The summed E-state index contributed by atoms with van der Waals surface area (Å²) in [6, 6.07) is 4.24. The van der Waals surface area contributed by atoms with Crippen molar-refractivity contribution in [3.8, 4) is 5.75 Å². The van der Waals surface area contributed by atoms with E-state index in [-0.39, 0.29) is 17.8 Å². The van der Waals surface area contributed by atoms with E-state index in [1.54, 1.807) is 13.2 Å². The summed E-state index contributed by atoms with van der Waals surface area (Å²) >= 11 is 0. The maximum absolute atomic E-state index is 13.1. The van der Waals surface area contributed by atoms with Gasteiger partial charge >= 0.3 is 0 Å². The topological polar surface area (TPSA) is 38.7 Å². The van der Waals surface area contributed by atoms with Crippen LogP contribution in [0, 0.1) is 11.7 Å². The summed E-state index contributed by atoms with van der Waals surface area (Å²) < 4.78 is 23.9. The van der Waals surface area contributed by atoms with E-state index in [2.05, 4.69) is 0 Å². The molecule has 0 fully saturated rings. The van der Waals surface area contributed by atoms with Crippen molar-refractivity contribution in [2.75, 3.05) is 13.7 Å². The lowest BCUT2D eigenvalue weighted by Crippen LogP contribution is -2.33. The molecule has 94 valence electrons. The molecule has 0 spiro atoms. The van der Waals surface area contributed by atoms with Crippen molar-refractivity contribution in [2.24, 2.45) is 5.92 Å². The number of aliphatic hydroxyl groups excluding tert-OH is 1. The predicted molar refractivity (Wildman–Crippen MR) is 61.4 cm³/mol. The highest BCUT2D eigenvalue weighted by Gasteiger charge is 2.30. The summed E-state index contributed by atoms with van der Waals surface area (Å²) in [6.07, 6.45) is -0.289. The van der Waals surface area contributed by atoms with Crippen molar-refractivity contribution in [3.05, 3.63) is 29.6 Å². The van der Waals surface area contributed by atoms with E-state index in [0.717, 1.165) is 0 Å². The minimum Gasteiger partial charge on any atom is -0.490 e. The number of hydrogen-bond acceptors (Lipinski definition) is 3. The minimum atomic E-state index is -0.668. The van der Waals surface area contributed by atoms with Crippen molar-refractivity contribution in [1.82, 2.24) is 0 Å². The van der Waals surface area contributed by atoms with Crippen LogP contribution in [0.2, 0.25) is 0 Å². The van der Waals surface area contributed by atoms with Gasteiger partial charge in [0, 0.05) is 25.0 Å². The molecule has 1 aromatic carbocycles. The number of benzene rings is 1. The fourth-order valence-electron chi connectivity index (χ4n) is 2.16. The van der Waals surface area contributed by atoms with Gasteiger partial charge in [0.1, 0.15) is 17.7 Å². The zero-order valence-corrected chi connectivity index (χ0v) is 10.0. The van der Waals surface area contributed by atoms with Gasteiger partial charge in [0.05, 0.1) is 12.7 Å². The van der Waals surface area contributed by atoms with Crippen molar-refractivity contribution < 1.29 is 19.0 Å². The Balaban J connectivity index is 2.18. The van der Waals surface area contributed by atoms with Crippen LogP contribution in [0.3, 0.4) is 0 Å². The van der Waals surface area contributed by atoms with Gasteiger partial charge in [-0.3, -0.25) is 0 Å². The quantitative estimate of drug-likeness (QED) is 0.881. The monoisotopic (exact) mass is 240 g/mol. The van der Waals surface area contributed by atoms with E-state index < -0.39 is 6.10 Å². The number of halogens is 1. The second kappa shape index (κ2) is 5.02. The van der Waals surface area contributed by atoms with Gasteiger partial charge < -0.3 is 14.6 Å². The molecule has 4 heteroatoms. The van der Waals surface area contributed by atoms with Crippen molar-refractivity contribution in [1.29, 1.82) is 0 Å². The van der Waals surface area contributed by atoms with Gasteiger partial charge in [-0.25, -0.2) is 4.39 Å². The Kier molecular flexibility index (Phi) is 3.64. The SMILES string of the molecule is COCC(C)C1C[C@@H](O)c2cc(F)ccc2O1. The van der Waals surface area contributed by atoms with E-state index in [1.807, 2.05) is 6.92 Å². The van der Waals surface area contributed by atoms with Crippen molar-refractivity contribution in [2.45, 2.75) is 25.6 Å². The molecule has 1 aromatic rings. The number of aliphatic hydroxyl groups is 1. The molecule has 0 saturated heterocycles. The van der Waals surface area contributed by atoms with E-state index in [9.17, 15) is 9.50 Å². The molecule has 0 saturated carbocycles. The van der Waals surface area contributed by atoms with Crippen molar-refractivity contribution >= 4 is 0 Å². The molecule has 1 heterocycles. The first-order valence-corrected chi connectivity index (χ1v) is 5.75. The highest BCUT2D eigenvalue weighted by atomic mass is 19.1. The summed E-state index contributed by atoms with van der Waals surface area (Å²) in [4.78, 5) is 0. The van der Waals surface area contributed by atoms with Crippen LogP contribution < -0.4 is 4.74 Å². The summed E-state index contributed by atoms with van der Waals surface area (Å²) in [5.74, 6) is 0.403.